The fourth-order valence-corrected chi connectivity index (χ4v) is 3.69. The van der Waals surface area contributed by atoms with Gasteiger partial charge in [-0.05, 0) is 14.0 Å². The number of amides is 1. The van der Waals surface area contributed by atoms with Crippen LogP contribution in [0.4, 0.5) is 5.13 Å². The largest absolute Gasteiger partial charge is 0.477 e. The van der Waals surface area contributed by atoms with Crippen LogP contribution in [0.15, 0.2) is 5.38 Å². The van der Waals surface area contributed by atoms with E-state index in [1.54, 1.807) is 18.3 Å². The summed E-state index contributed by atoms with van der Waals surface area (Å²) in [5, 5.41) is 15.0. The monoisotopic (exact) mass is 368 g/mol. The van der Waals surface area contributed by atoms with Crippen molar-refractivity contribution in [2.45, 2.75) is 33.2 Å². The molecule has 0 saturated carbocycles. The predicted octanol–water partition coefficient (Wildman–Crippen LogP) is 2.80. The molecular weight excluding hydrogens is 348 g/mol. The molecule has 2 aromatic heterocycles. The minimum atomic E-state index is -1.04. The molecule has 0 radical (unpaired) electrons. The van der Waals surface area contributed by atoms with Gasteiger partial charge in [-0.2, -0.15) is 0 Å². The van der Waals surface area contributed by atoms with E-state index in [2.05, 4.69) is 29.1 Å². The molecule has 2 heterocycles. The van der Waals surface area contributed by atoms with Gasteiger partial charge >= 0.3 is 5.97 Å². The van der Waals surface area contributed by atoms with Crippen LogP contribution < -0.4 is 5.32 Å². The zero-order valence-electron chi connectivity index (χ0n) is 14.0. The highest BCUT2D eigenvalue weighted by Gasteiger charge is 2.16. The van der Waals surface area contributed by atoms with E-state index in [1.165, 1.54) is 0 Å². The van der Waals surface area contributed by atoms with Gasteiger partial charge < -0.3 is 10.4 Å². The quantitative estimate of drug-likeness (QED) is 0.780. The van der Waals surface area contributed by atoms with Crippen molar-refractivity contribution in [1.82, 2.24) is 14.9 Å². The van der Waals surface area contributed by atoms with Gasteiger partial charge in [0.1, 0.15) is 4.88 Å². The number of carbonyl (C=O) groups excluding carboxylic acids is 1. The first kappa shape index (κ1) is 18.5. The maximum Gasteiger partial charge on any atom is 0.347 e. The summed E-state index contributed by atoms with van der Waals surface area (Å²) in [6.07, 6.45) is 0. The highest BCUT2D eigenvalue weighted by Crippen LogP contribution is 2.22. The number of aromatic nitrogens is 2. The van der Waals surface area contributed by atoms with Crippen molar-refractivity contribution in [2.75, 3.05) is 18.9 Å². The average molecular weight is 368 g/mol. The smallest absolute Gasteiger partial charge is 0.347 e. The lowest BCUT2D eigenvalue weighted by molar-refractivity contribution is -0.117. The van der Waals surface area contributed by atoms with Gasteiger partial charge in [-0.15, -0.1) is 11.3 Å². The molecule has 0 saturated heterocycles. The topological polar surface area (TPSA) is 95.4 Å². The van der Waals surface area contributed by atoms with Crippen molar-refractivity contribution in [2.24, 2.45) is 0 Å². The highest BCUT2D eigenvalue weighted by molar-refractivity contribution is 7.17. The normalized spacial score (nSPS) is 11.2. The molecule has 0 aliphatic heterocycles. The van der Waals surface area contributed by atoms with Crippen molar-refractivity contribution >= 4 is 39.7 Å². The Balaban J connectivity index is 1.89. The Labute approximate surface area is 148 Å². The summed E-state index contributed by atoms with van der Waals surface area (Å²) in [7, 11) is 1.84. The molecule has 0 aliphatic carbocycles. The van der Waals surface area contributed by atoms with E-state index in [0.717, 1.165) is 22.0 Å². The Hall–Kier alpha value is -1.84. The summed E-state index contributed by atoms with van der Waals surface area (Å²) in [5.41, 5.74) is 1.34. The molecule has 2 rings (SSSR count). The lowest BCUT2D eigenvalue weighted by Crippen LogP contribution is -2.29. The molecular formula is C15H20N4O3S2. The van der Waals surface area contributed by atoms with Gasteiger partial charge in [0.25, 0.3) is 0 Å². The zero-order valence-corrected chi connectivity index (χ0v) is 15.6. The molecule has 0 bridgehead atoms. The van der Waals surface area contributed by atoms with Gasteiger partial charge in [-0.25, -0.2) is 14.8 Å². The van der Waals surface area contributed by atoms with Crippen molar-refractivity contribution in [1.29, 1.82) is 0 Å². The van der Waals surface area contributed by atoms with Gasteiger partial charge in [0, 0.05) is 17.8 Å². The highest BCUT2D eigenvalue weighted by atomic mass is 32.1. The molecule has 2 aromatic rings. The average Bonchev–Trinajstić information content (AvgIpc) is 3.05. The van der Waals surface area contributed by atoms with E-state index in [9.17, 15) is 9.59 Å². The third kappa shape index (κ3) is 4.83. The summed E-state index contributed by atoms with van der Waals surface area (Å²) in [4.78, 5) is 33.7. The lowest BCUT2D eigenvalue weighted by atomic mass is 10.2. The fraction of sp³-hybridized carbons (Fsp3) is 0.467. The van der Waals surface area contributed by atoms with Crippen LogP contribution in [0.5, 0.6) is 0 Å². The Kier molecular flexibility index (Phi) is 6.03. The Morgan fingerprint density at radius 3 is 2.62 bits per heavy atom. The number of carboxylic acid groups (broad SMARTS) is 1. The number of aromatic carboxylic acids is 1. The van der Waals surface area contributed by atoms with Gasteiger partial charge in [0.15, 0.2) is 5.13 Å². The number of hydrogen-bond donors (Lipinski definition) is 2. The molecule has 0 unspecified atom stereocenters. The van der Waals surface area contributed by atoms with Gasteiger partial charge in [0.2, 0.25) is 5.91 Å². The molecule has 24 heavy (non-hydrogen) atoms. The first-order valence-corrected chi connectivity index (χ1v) is 9.09. The van der Waals surface area contributed by atoms with E-state index >= 15 is 0 Å². The van der Waals surface area contributed by atoms with Crippen LogP contribution in [0.25, 0.3) is 0 Å². The number of aryl methyl sites for hydroxylation is 1. The minimum Gasteiger partial charge on any atom is -0.477 e. The number of thiazole rings is 2. The molecule has 7 nitrogen and oxygen atoms in total. The number of nitrogens with one attached hydrogen (secondary N) is 1. The molecule has 0 spiro atoms. The lowest BCUT2D eigenvalue weighted by Gasteiger charge is -2.14. The number of likely N-dealkylation sites (N-methyl/N-ethyl adjacent to an activating group) is 1. The molecule has 0 aromatic carbocycles. The standard InChI is InChI=1S/C15H20N4O3S2/c1-8(2)13-17-10(7-23-13)5-19(4)6-11(20)18-15-16-9(3)12(24-15)14(21)22/h7-8H,5-6H2,1-4H3,(H,21,22)(H,16,18,20). The zero-order chi connectivity index (χ0) is 17.9. The SMILES string of the molecule is Cc1nc(NC(=O)CN(C)Cc2csc(C(C)C)n2)sc1C(=O)O. The van der Waals surface area contributed by atoms with Crippen molar-refractivity contribution in [3.8, 4) is 0 Å². The molecule has 9 heteroatoms. The van der Waals surface area contributed by atoms with Crippen LogP contribution in [0.3, 0.4) is 0 Å². The van der Waals surface area contributed by atoms with E-state index < -0.39 is 5.97 Å². The number of carbonyl (C=O) groups is 2. The summed E-state index contributed by atoms with van der Waals surface area (Å²) in [6.45, 7) is 6.56. The second-order valence-corrected chi connectivity index (χ2v) is 7.68. The Morgan fingerprint density at radius 2 is 2.08 bits per heavy atom. The Bertz CT molecular complexity index is 739. The summed E-state index contributed by atoms with van der Waals surface area (Å²) < 4.78 is 0. The van der Waals surface area contributed by atoms with Crippen molar-refractivity contribution in [3.05, 3.63) is 26.7 Å². The summed E-state index contributed by atoms with van der Waals surface area (Å²) >= 11 is 2.59. The predicted molar refractivity (Wildman–Crippen MR) is 95.0 cm³/mol. The maximum absolute atomic E-state index is 12.1. The number of rotatable bonds is 7. The number of hydrogen-bond acceptors (Lipinski definition) is 7. The number of carboxylic acids is 1. The third-order valence-corrected chi connectivity index (χ3v) is 5.40. The van der Waals surface area contributed by atoms with E-state index in [1.807, 2.05) is 17.3 Å². The van der Waals surface area contributed by atoms with E-state index in [-0.39, 0.29) is 17.3 Å². The molecule has 2 N–H and O–H groups in total. The molecule has 0 aliphatic rings. The van der Waals surface area contributed by atoms with Crippen LogP contribution in [0.2, 0.25) is 0 Å². The van der Waals surface area contributed by atoms with Gasteiger partial charge in [0.05, 0.1) is 22.9 Å². The molecule has 1 amide bonds. The third-order valence-electron chi connectivity index (χ3n) is 3.15. The molecule has 0 atom stereocenters. The first-order chi connectivity index (χ1) is 11.3. The first-order valence-electron chi connectivity index (χ1n) is 7.39. The molecule has 130 valence electrons. The van der Waals surface area contributed by atoms with Crippen molar-refractivity contribution < 1.29 is 14.7 Å². The Morgan fingerprint density at radius 1 is 1.38 bits per heavy atom. The summed E-state index contributed by atoms with van der Waals surface area (Å²) in [6, 6.07) is 0. The second-order valence-electron chi connectivity index (χ2n) is 5.79. The van der Waals surface area contributed by atoms with E-state index in [0.29, 0.717) is 23.3 Å². The van der Waals surface area contributed by atoms with Gasteiger partial charge in [-0.1, -0.05) is 25.2 Å². The molecule has 0 fully saturated rings. The van der Waals surface area contributed by atoms with Crippen LogP contribution in [-0.2, 0) is 11.3 Å². The maximum atomic E-state index is 12.1. The minimum absolute atomic E-state index is 0.141. The second kappa shape index (κ2) is 7.82. The van der Waals surface area contributed by atoms with Crippen LogP contribution in [-0.4, -0.2) is 45.4 Å². The fourth-order valence-electron chi connectivity index (χ4n) is 2.05. The van der Waals surface area contributed by atoms with Gasteiger partial charge in [-0.3, -0.25) is 9.69 Å². The summed E-state index contributed by atoms with van der Waals surface area (Å²) in [5.74, 6) is -0.872. The van der Waals surface area contributed by atoms with E-state index in [4.69, 9.17) is 5.11 Å². The van der Waals surface area contributed by atoms with Crippen LogP contribution >= 0.6 is 22.7 Å². The number of anilines is 1. The van der Waals surface area contributed by atoms with Crippen LogP contribution in [0, 0.1) is 6.92 Å². The number of nitrogens with zero attached hydrogens (tertiary/aromatic N) is 3. The van der Waals surface area contributed by atoms with Crippen molar-refractivity contribution in [3.63, 3.8) is 0 Å². The van der Waals surface area contributed by atoms with Crippen LogP contribution in [0.1, 0.15) is 45.8 Å².